The third-order valence-corrected chi connectivity index (χ3v) is 4.63. The molecule has 0 radical (unpaired) electrons. The smallest absolute Gasteiger partial charge is 0.124 e. The van der Waals surface area contributed by atoms with Crippen LogP contribution in [0.1, 0.15) is 22.1 Å². The largest absolute Gasteiger partial charge is 0.496 e. The van der Waals surface area contributed by atoms with Crippen LogP contribution in [-0.4, -0.2) is 7.11 Å². The number of alkyl halides is 1. The molecular formula is C15H13BrCl2O. The zero-order chi connectivity index (χ0) is 14.0. The third-order valence-electron chi connectivity index (χ3n) is 2.96. The fourth-order valence-corrected chi connectivity index (χ4v) is 2.92. The molecule has 1 atom stereocenters. The molecule has 0 N–H and O–H groups in total. The first kappa shape index (κ1) is 14.7. The molecule has 4 heteroatoms. The summed E-state index contributed by atoms with van der Waals surface area (Å²) in [4.78, 5) is 0. The Hall–Kier alpha value is -0.700. The minimum atomic E-state index is -0.347. The molecule has 0 saturated carbocycles. The highest BCUT2D eigenvalue weighted by molar-refractivity contribution is 9.10. The van der Waals surface area contributed by atoms with Gasteiger partial charge in [-0.25, -0.2) is 0 Å². The van der Waals surface area contributed by atoms with E-state index in [1.54, 1.807) is 7.11 Å². The molecule has 0 aliphatic heterocycles. The minimum Gasteiger partial charge on any atom is -0.496 e. The highest BCUT2D eigenvalue weighted by Crippen LogP contribution is 2.40. The average Bonchev–Trinajstić information content (AvgIpc) is 2.41. The maximum absolute atomic E-state index is 6.56. The van der Waals surface area contributed by atoms with Gasteiger partial charge in [-0.15, -0.1) is 11.6 Å². The number of hydrogen-bond donors (Lipinski definition) is 0. The van der Waals surface area contributed by atoms with Crippen LogP contribution in [-0.2, 0) is 0 Å². The van der Waals surface area contributed by atoms with Gasteiger partial charge in [-0.1, -0.05) is 45.7 Å². The van der Waals surface area contributed by atoms with E-state index < -0.39 is 0 Å². The summed E-state index contributed by atoms with van der Waals surface area (Å²) in [5.41, 5.74) is 2.87. The number of benzene rings is 2. The molecule has 0 aromatic heterocycles. The Labute approximate surface area is 131 Å². The summed E-state index contributed by atoms with van der Waals surface area (Å²) in [6.07, 6.45) is 0. The van der Waals surface area contributed by atoms with Crippen LogP contribution in [0.15, 0.2) is 40.9 Å². The maximum atomic E-state index is 6.56. The minimum absolute atomic E-state index is 0.347. The molecule has 0 bridgehead atoms. The van der Waals surface area contributed by atoms with E-state index in [1.165, 1.54) is 0 Å². The molecule has 0 aliphatic carbocycles. The normalized spacial score (nSPS) is 12.3. The van der Waals surface area contributed by atoms with Crippen molar-refractivity contribution in [3.63, 3.8) is 0 Å². The van der Waals surface area contributed by atoms with Crippen LogP contribution in [0.5, 0.6) is 5.75 Å². The van der Waals surface area contributed by atoms with Gasteiger partial charge in [0.05, 0.1) is 12.5 Å². The topological polar surface area (TPSA) is 9.23 Å². The first-order valence-corrected chi connectivity index (χ1v) is 7.38. The molecule has 0 heterocycles. The van der Waals surface area contributed by atoms with Gasteiger partial charge in [0.25, 0.3) is 0 Å². The van der Waals surface area contributed by atoms with E-state index in [9.17, 15) is 0 Å². The maximum Gasteiger partial charge on any atom is 0.124 e. The SMILES string of the molecule is COc1cc(C)c(Br)cc1C(Cl)c1ccccc1Cl. The van der Waals surface area contributed by atoms with Gasteiger partial charge in [-0.2, -0.15) is 0 Å². The quantitative estimate of drug-likeness (QED) is 0.634. The second-order valence-corrected chi connectivity index (χ2v) is 5.93. The van der Waals surface area contributed by atoms with Gasteiger partial charge in [-0.05, 0) is 36.2 Å². The van der Waals surface area contributed by atoms with Crippen molar-refractivity contribution in [2.45, 2.75) is 12.3 Å². The van der Waals surface area contributed by atoms with Crippen molar-refractivity contribution in [2.24, 2.45) is 0 Å². The summed E-state index contributed by atoms with van der Waals surface area (Å²) in [7, 11) is 1.64. The molecular weight excluding hydrogens is 347 g/mol. The second-order valence-electron chi connectivity index (χ2n) is 4.23. The summed E-state index contributed by atoms with van der Waals surface area (Å²) >= 11 is 16.3. The van der Waals surface area contributed by atoms with Crippen molar-refractivity contribution in [1.29, 1.82) is 0 Å². The Kier molecular flexibility index (Phi) is 4.77. The van der Waals surface area contributed by atoms with Gasteiger partial charge in [-0.3, -0.25) is 0 Å². The predicted molar refractivity (Wildman–Crippen MR) is 84.6 cm³/mol. The molecule has 100 valence electrons. The number of methoxy groups -OCH3 is 1. The number of hydrogen-bond acceptors (Lipinski definition) is 1. The van der Waals surface area contributed by atoms with E-state index >= 15 is 0 Å². The van der Waals surface area contributed by atoms with Gasteiger partial charge < -0.3 is 4.74 Å². The van der Waals surface area contributed by atoms with Gasteiger partial charge in [0.1, 0.15) is 5.75 Å². The fraction of sp³-hybridized carbons (Fsp3) is 0.200. The van der Waals surface area contributed by atoms with Crippen LogP contribution >= 0.6 is 39.1 Å². The molecule has 0 fully saturated rings. The lowest BCUT2D eigenvalue weighted by Gasteiger charge is -2.17. The van der Waals surface area contributed by atoms with E-state index in [0.29, 0.717) is 5.02 Å². The molecule has 0 saturated heterocycles. The third kappa shape index (κ3) is 3.07. The Morgan fingerprint density at radius 2 is 1.84 bits per heavy atom. The van der Waals surface area contributed by atoms with Gasteiger partial charge >= 0.3 is 0 Å². The Morgan fingerprint density at radius 3 is 2.47 bits per heavy atom. The zero-order valence-corrected chi connectivity index (χ0v) is 13.7. The molecule has 1 nitrogen and oxygen atoms in total. The standard InChI is InChI=1S/C15H13BrCl2O/c1-9-7-14(19-2)11(8-12(9)16)15(18)10-5-3-4-6-13(10)17/h3-8,15H,1-2H3. The predicted octanol–water partition coefficient (Wildman–Crippen LogP) is 5.75. The van der Waals surface area contributed by atoms with E-state index in [4.69, 9.17) is 27.9 Å². The molecule has 19 heavy (non-hydrogen) atoms. The number of ether oxygens (including phenoxy) is 1. The summed E-state index contributed by atoms with van der Waals surface area (Å²) in [5, 5.41) is 0.307. The lowest BCUT2D eigenvalue weighted by molar-refractivity contribution is 0.409. The van der Waals surface area contributed by atoms with E-state index in [2.05, 4.69) is 15.9 Å². The van der Waals surface area contributed by atoms with Crippen molar-refractivity contribution < 1.29 is 4.74 Å². The Balaban J connectivity index is 2.52. The van der Waals surface area contributed by atoms with Crippen molar-refractivity contribution in [3.05, 3.63) is 62.6 Å². The van der Waals surface area contributed by atoms with Gasteiger partial charge in [0.2, 0.25) is 0 Å². The lowest BCUT2D eigenvalue weighted by Crippen LogP contribution is -1.99. The van der Waals surface area contributed by atoms with Crippen LogP contribution in [0, 0.1) is 6.92 Å². The lowest BCUT2D eigenvalue weighted by atomic mass is 10.0. The van der Waals surface area contributed by atoms with Crippen molar-refractivity contribution in [1.82, 2.24) is 0 Å². The first-order chi connectivity index (χ1) is 9.04. The number of halogens is 3. The monoisotopic (exact) mass is 358 g/mol. The van der Waals surface area contributed by atoms with Crippen molar-refractivity contribution in [3.8, 4) is 5.75 Å². The highest BCUT2D eigenvalue weighted by Gasteiger charge is 2.19. The summed E-state index contributed by atoms with van der Waals surface area (Å²) in [6.45, 7) is 2.01. The van der Waals surface area contributed by atoms with Crippen LogP contribution < -0.4 is 4.74 Å². The number of aryl methyl sites for hydroxylation is 1. The zero-order valence-electron chi connectivity index (χ0n) is 10.6. The summed E-state index contributed by atoms with van der Waals surface area (Å²) in [5.74, 6) is 0.764. The molecule has 0 amide bonds. The first-order valence-electron chi connectivity index (χ1n) is 5.77. The molecule has 2 aromatic rings. The molecule has 0 spiro atoms. The summed E-state index contributed by atoms with van der Waals surface area (Å²) < 4.78 is 6.42. The summed E-state index contributed by atoms with van der Waals surface area (Å²) in [6, 6.07) is 11.5. The van der Waals surface area contributed by atoms with Gasteiger partial charge in [0, 0.05) is 15.1 Å². The van der Waals surface area contributed by atoms with E-state index in [0.717, 1.165) is 26.9 Å². The molecule has 2 aromatic carbocycles. The number of rotatable bonds is 3. The molecule has 1 unspecified atom stereocenters. The van der Waals surface area contributed by atoms with Gasteiger partial charge in [0.15, 0.2) is 0 Å². The van der Waals surface area contributed by atoms with E-state index in [1.807, 2.05) is 43.3 Å². The Bertz CT molecular complexity index is 599. The molecule has 0 aliphatic rings. The average molecular weight is 360 g/mol. The Morgan fingerprint density at radius 1 is 1.16 bits per heavy atom. The van der Waals surface area contributed by atoms with Crippen LogP contribution in [0.2, 0.25) is 5.02 Å². The highest BCUT2D eigenvalue weighted by atomic mass is 79.9. The van der Waals surface area contributed by atoms with Crippen LogP contribution in [0.25, 0.3) is 0 Å². The second kappa shape index (κ2) is 6.17. The van der Waals surface area contributed by atoms with E-state index in [-0.39, 0.29) is 5.38 Å². The van der Waals surface area contributed by atoms with Crippen LogP contribution in [0.3, 0.4) is 0 Å². The molecule has 2 rings (SSSR count). The van der Waals surface area contributed by atoms with Crippen molar-refractivity contribution >= 4 is 39.1 Å². The van der Waals surface area contributed by atoms with Crippen molar-refractivity contribution in [2.75, 3.05) is 7.11 Å². The van der Waals surface area contributed by atoms with Crippen LogP contribution in [0.4, 0.5) is 0 Å². The fourth-order valence-electron chi connectivity index (χ4n) is 1.89.